The van der Waals surface area contributed by atoms with E-state index in [0.717, 1.165) is 33.3 Å². The Morgan fingerprint density at radius 1 is 1.00 bits per heavy atom. The van der Waals surface area contributed by atoms with Crippen LogP contribution in [-0.2, 0) is 21.4 Å². The van der Waals surface area contributed by atoms with Crippen molar-refractivity contribution in [1.82, 2.24) is 9.88 Å². The van der Waals surface area contributed by atoms with Crippen LogP contribution in [0, 0.1) is 0 Å². The molecule has 6 nitrogen and oxygen atoms in total. The molecule has 0 radical (unpaired) electrons. The van der Waals surface area contributed by atoms with E-state index in [4.69, 9.17) is 4.74 Å². The number of amides is 1. The van der Waals surface area contributed by atoms with E-state index >= 15 is 0 Å². The summed E-state index contributed by atoms with van der Waals surface area (Å²) in [5.41, 5.74) is 4.51. The molecular formula is C32H32N2O4. The van der Waals surface area contributed by atoms with E-state index in [2.05, 4.69) is 25.8 Å². The van der Waals surface area contributed by atoms with Gasteiger partial charge >= 0.3 is 0 Å². The number of carbonyl (C=O) groups is 2. The Morgan fingerprint density at radius 2 is 1.71 bits per heavy atom. The number of aliphatic hydroxyl groups is 1. The summed E-state index contributed by atoms with van der Waals surface area (Å²) >= 11 is 0. The predicted octanol–water partition coefficient (Wildman–Crippen LogP) is 6.14. The van der Waals surface area contributed by atoms with Crippen LogP contribution in [0.15, 0.2) is 84.6 Å². The number of ether oxygens (including phenoxy) is 1. The molecule has 3 aromatic carbocycles. The number of aromatic amines is 1. The van der Waals surface area contributed by atoms with Gasteiger partial charge in [-0.25, -0.2) is 0 Å². The maximum Gasteiger partial charge on any atom is 0.295 e. The second-order valence-electron chi connectivity index (χ2n) is 10.7. The predicted molar refractivity (Wildman–Crippen MR) is 149 cm³/mol. The Hall–Kier alpha value is -4.32. The number of hydrogen-bond acceptors (Lipinski definition) is 4. The highest BCUT2D eigenvalue weighted by Crippen LogP contribution is 2.40. The van der Waals surface area contributed by atoms with Crippen LogP contribution in [0.2, 0.25) is 0 Å². The number of aliphatic hydroxyl groups excluding tert-OH is 1. The van der Waals surface area contributed by atoms with Crippen LogP contribution in [-0.4, -0.2) is 40.3 Å². The average Bonchev–Trinajstić information content (AvgIpc) is 3.44. The Kier molecular flexibility index (Phi) is 6.57. The largest absolute Gasteiger partial charge is 0.507 e. The zero-order chi connectivity index (χ0) is 27.0. The van der Waals surface area contributed by atoms with E-state index in [1.807, 2.05) is 54.7 Å². The van der Waals surface area contributed by atoms with Crippen molar-refractivity contribution in [2.24, 2.45) is 0 Å². The molecule has 4 aromatic rings. The van der Waals surface area contributed by atoms with Gasteiger partial charge in [-0.1, -0.05) is 75.4 Å². The Labute approximate surface area is 222 Å². The first kappa shape index (κ1) is 25.3. The van der Waals surface area contributed by atoms with Gasteiger partial charge in [0.1, 0.15) is 11.5 Å². The lowest BCUT2D eigenvalue weighted by molar-refractivity contribution is -0.139. The summed E-state index contributed by atoms with van der Waals surface area (Å²) in [4.78, 5) is 31.6. The summed E-state index contributed by atoms with van der Waals surface area (Å²) in [5, 5.41) is 12.3. The second-order valence-corrected chi connectivity index (χ2v) is 10.7. The standard InChI is InChI=1S/C32H32N2O4/c1-32(2,3)23-12-10-20(11-13-23)28-27(29(35)21-8-6-5-7-9-21)30(36)31(37)34(28)17-16-22-19-33-26-15-14-24(38-4)18-25(22)26/h5-15,18-19,28,33,35H,16-17H2,1-4H3/t28-/m0/s1. The average molecular weight is 509 g/mol. The lowest BCUT2D eigenvalue weighted by atomic mass is 9.85. The third-order valence-corrected chi connectivity index (χ3v) is 7.28. The SMILES string of the molecule is COc1ccc2[nH]cc(CCN3C(=O)C(=O)C(=C(O)c4ccccc4)[C@@H]3c3ccc(C(C)(C)C)cc3)c2c1. The molecule has 0 bridgehead atoms. The normalized spacial score (nSPS) is 17.4. The van der Waals surface area contributed by atoms with Gasteiger partial charge in [-0.2, -0.15) is 0 Å². The highest BCUT2D eigenvalue weighted by Gasteiger charge is 2.46. The number of aromatic nitrogens is 1. The van der Waals surface area contributed by atoms with Crippen molar-refractivity contribution in [3.8, 4) is 5.75 Å². The third kappa shape index (κ3) is 4.58. The Morgan fingerprint density at radius 3 is 2.37 bits per heavy atom. The van der Waals surface area contributed by atoms with Gasteiger partial charge < -0.3 is 19.7 Å². The first-order valence-corrected chi connectivity index (χ1v) is 12.8. The maximum absolute atomic E-state index is 13.4. The maximum atomic E-state index is 13.4. The van der Waals surface area contributed by atoms with Gasteiger partial charge in [-0.15, -0.1) is 0 Å². The van der Waals surface area contributed by atoms with Crippen molar-refractivity contribution in [3.63, 3.8) is 0 Å². The molecule has 1 aliphatic rings. The van der Waals surface area contributed by atoms with Crippen LogP contribution < -0.4 is 4.74 Å². The number of ketones is 1. The lowest BCUT2D eigenvalue weighted by Crippen LogP contribution is -2.31. The van der Waals surface area contributed by atoms with E-state index in [-0.39, 0.29) is 16.7 Å². The molecule has 1 atom stereocenters. The molecule has 0 spiro atoms. The fraction of sp³-hybridized carbons (Fsp3) is 0.250. The van der Waals surface area contributed by atoms with E-state index < -0.39 is 17.7 Å². The van der Waals surface area contributed by atoms with Crippen LogP contribution in [0.5, 0.6) is 5.75 Å². The summed E-state index contributed by atoms with van der Waals surface area (Å²) in [6.45, 7) is 6.73. The molecular weight excluding hydrogens is 476 g/mol. The monoisotopic (exact) mass is 508 g/mol. The van der Waals surface area contributed by atoms with Crippen LogP contribution >= 0.6 is 0 Å². The number of Topliss-reactive ketones (excluding diaryl/α,β-unsaturated/α-hetero) is 1. The highest BCUT2D eigenvalue weighted by atomic mass is 16.5. The van der Waals surface area contributed by atoms with Crippen molar-refractivity contribution in [2.75, 3.05) is 13.7 Å². The van der Waals surface area contributed by atoms with Crippen molar-refractivity contribution in [1.29, 1.82) is 0 Å². The molecule has 38 heavy (non-hydrogen) atoms. The number of hydrogen-bond donors (Lipinski definition) is 2. The molecule has 5 rings (SSSR count). The molecule has 6 heteroatoms. The zero-order valence-corrected chi connectivity index (χ0v) is 22.1. The molecule has 0 aliphatic carbocycles. The summed E-state index contributed by atoms with van der Waals surface area (Å²) < 4.78 is 5.39. The van der Waals surface area contributed by atoms with Gasteiger partial charge in [0, 0.05) is 29.2 Å². The fourth-order valence-electron chi connectivity index (χ4n) is 5.11. The van der Waals surface area contributed by atoms with Gasteiger partial charge in [-0.05, 0) is 46.7 Å². The van der Waals surface area contributed by atoms with Gasteiger partial charge in [0.2, 0.25) is 0 Å². The number of carbonyl (C=O) groups excluding carboxylic acids is 2. The number of nitrogens with one attached hydrogen (secondary N) is 1. The van der Waals surface area contributed by atoms with Gasteiger partial charge in [0.15, 0.2) is 0 Å². The number of fused-ring (bicyclic) bond motifs is 1. The summed E-state index contributed by atoms with van der Waals surface area (Å²) in [7, 11) is 1.63. The third-order valence-electron chi connectivity index (χ3n) is 7.28. The fourth-order valence-corrected chi connectivity index (χ4v) is 5.11. The number of H-pyrrole nitrogens is 1. The second kappa shape index (κ2) is 9.86. The number of nitrogens with zero attached hydrogens (tertiary/aromatic N) is 1. The van der Waals surface area contributed by atoms with Crippen molar-refractivity contribution < 1.29 is 19.4 Å². The number of rotatable bonds is 6. The molecule has 2 heterocycles. The Balaban J connectivity index is 1.56. The summed E-state index contributed by atoms with van der Waals surface area (Å²) in [6, 6.07) is 22.0. The molecule has 2 N–H and O–H groups in total. The molecule has 1 fully saturated rings. The topological polar surface area (TPSA) is 82.6 Å². The molecule has 1 saturated heterocycles. The summed E-state index contributed by atoms with van der Waals surface area (Å²) in [6.07, 6.45) is 2.46. The molecule has 194 valence electrons. The van der Waals surface area contributed by atoms with E-state index in [0.29, 0.717) is 18.5 Å². The van der Waals surface area contributed by atoms with Gasteiger partial charge in [0.25, 0.3) is 11.7 Å². The van der Waals surface area contributed by atoms with Crippen LogP contribution in [0.4, 0.5) is 0 Å². The smallest absolute Gasteiger partial charge is 0.295 e. The molecule has 1 amide bonds. The molecule has 0 unspecified atom stereocenters. The number of methoxy groups -OCH3 is 1. The molecule has 1 aromatic heterocycles. The first-order valence-electron chi connectivity index (χ1n) is 12.8. The van der Waals surface area contributed by atoms with Crippen LogP contribution in [0.1, 0.15) is 49.1 Å². The number of benzene rings is 3. The van der Waals surface area contributed by atoms with Gasteiger partial charge in [0.05, 0.1) is 18.7 Å². The lowest BCUT2D eigenvalue weighted by Gasteiger charge is -2.26. The zero-order valence-electron chi connectivity index (χ0n) is 22.1. The molecule has 1 aliphatic heterocycles. The van der Waals surface area contributed by atoms with E-state index in [1.54, 1.807) is 36.3 Å². The summed E-state index contributed by atoms with van der Waals surface area (Å²) in [5.74, 6) is -0.685. The minimum absolute atomic E-state index is 0.0409. The van der Waals surface area contributed by atoms with Crippen LogP contribution in [0.3, 0.4) is 0 Å². The van der Waals surface area contributed by atoms with Crippen LogP contribution in [0.25, 0.3) is 16.7 Å². The van der Waals surface area contributed by atoms with Crippen molar-refractivity contribution in [3.05, 3.63) is 107 Å². The minimum Gasteiger partial charge on any atom is -0.507 e. The minimum atomic E-state index is -0.691. The van der Waals surface area contributed by atoms with Crippen molar-refractivity contribution in [2.45, 2.75) is 38.6 Å². The highest BCUT2D eigenvalue weighted by molar-refractivity contribution is 6.46. The van der Waals surface area contributed by atoms with E-state index in [9.17, 15) is 14.7 Å². The molecule has 0 saturated carbocycles. The quantitative estimate of drug-likeness (QED) is 0.186. The Bertz CT molecular complexity index is 1530. The van der Waals surface area contributed by atoms with Crippen molar-refractivity contribution >= 4 is 28.4 Å². The first-order chi connectivity index (χ1) is 18.2. The number of likely N-dealkylation sites (tertiary alicyclic amines) is 1. The van der Waals surface area contributed by atoms with E-state index in [1.165, 1.54) is 0 Å². The van der Waals surface area contributed by atoms with Gasteiger partial charge in [-0.3, -0.25) is 9.59 Å².